The van der Waals surface area contributed by atoms with E-state index in [2.05, 4.69) is 98.8 Å². The molecule has 0 fully saturated rings. The summed E-state index contributed by atoms with van der Waals surface area (Å²) in [4.78, 5) is 0. The zero-order valence-electron chi connectivity index (χ0n) is 17.2. The van der Waals surface area contributed by atoms with Gasteiger partial charge in [-0.3, -0.25) is 0 Å². The van der Waals surface area contributed by atoms with Crippen LogP contribution in [0.4, 0.5) is 0 Å². The maximum atomic E-state index is 2.41. The van der Waals surface area contributed by atoms with Gasteiger partial charge in [0.1, 0.15) is 0 Å². The minimum absolute atomic E-state index is 1.02. The first-order chi connectivity index (χ1) is 14.3. The molecule has 0 bridgehead atoms. The Bertz CT molecular complexity index is 1100. The molecule has 142 valence electrons. The number of aryl methyl sites for hydroxylation is 2. The third kappa shape index (κ3) is 3.09. The van der Waals surface area contributed by atoms with Crippen LogP contribution in [0.5, 0.6) is 0 Å². The van der Waals surface area contributed by atoms with Crippen LogP contribution >= 0.6 is 0 Å². The van der Waals surface area contributed by atoms with Crippen molar-refractivity contribution in [1.29, 1.82) is 0 Å². The van der Waals surface area contributed by atoms with E-state index in [1.165, 1.54) is 55.6 Å². The number of fused-ring (bicyclic) bond motifs is 3. The molecule has 0 aliphatic heterocycles. The quantitative estimate of drug-likeness (QED) is 0.302. The molecule has 0 amide bonds. The lowest BCUT2D eigenvalue weighted by Gasteiger charge is -2.10. The zero-order chi connectivity index (χ0) is 19.8. The van der Waals surface area contributed by atoms with Gasteiger partial charge in [0, 0.05) is 0 Å². The third-order valence-electron chi connectivity index (χ3n) is 6.30. The van der Waals surface area contributed by atoms with Crippen molar-refractivity contribution in [2.75, 3.05) is 0 Å². The summed E-state index contributed by atoms with van der Waals surface area (Å²) in [5, 5.41) is 0. The highest BCUT2D eigenvalue weighted by Crippen LogP contribution is 2.41. The summed E-state index contributed by atoms with van der Waals surface area (Å²) in [5.74, 6) is 0. The summed E-state index contributed by atoms with van der Waals surface area (Å²) in [7, 11) is 0. The second-order valence-electron chi connectivity index (χ2n) is 7.94. The minimum atomic E-state index is 1.02. The Balaban J connectivity index is 1.54. The molecule has 0 nitrogen and oxygen atoms in total. The lowest BCUT2D eigenvalue weighted by atomic mass is 9.94. The maximum Gasteiger partial charge on any atom is -0.00130 e. The van der Waals surface area contributed by atoms with E-state index in [0.717, 1.165) is 19.3 Å². The molecule has 5 rings (SSSR count). The summed E-state index contributed by atoms with van der Waals surface area (Å²) < 4.78 is 0. The summed E-state index contributed by atoms with van der Waals surface area (Å²) in [6.07, 6.45) is 3.15. The molecule has 0 N–H and O–H groups in total. The van der Waals surface area contributed by atoms with Crippen molar-refractivity contribution in [3.05, 3.63) is 107 Å². The predicted octanol–water partition coefficient (Wildman–Crippen LogP) is 7.72. The lowest BCUT2D eigenvalue weighted by Crippen LogP contribution is -1.89. The van der Waals surface area contributed by atoms with Crippen LogP contribution in [-0.2, 0) is 19.3 Å². The molecule has 0 aromatic heterocycles. The van der Waals surface area contributed by atoms with Gasteiger partial charge in [-0.05, 0) is 74.9 Å². The molecule has 0 saturated carbocycles. The standard InChI is InChI=1S/C29H26/c1-3-20-9-5-7-11-26(20)22-13-15-28-24(17-22)19-25-18-23(14-16-29(25)28)27-12-8-6-10-21(27)4-2/h5-18H,3-4,19H2,1-2H3. The zero-order valence-corrected chi connectivity index (χ0v) is 17.2. The molecule has 1 aliphatic carbocycles. The molecule has 0 heteroatoms. The first-order valence-corrected chi connectivity index (χ1v) is 10.7. The molecule has 0 atom stereocenters. The summed E-state index contributed by atoms with van der Waals surface area (Å²) in [6.45, 7) is 4.47. The Morgan fingerprint density at radius 1 is 0.517 bits per heavy atom. The van der Waals surface area contributed by atoms with Gasteiger partial charge in [0.15, 0.2) is 0 Å². The molecule has 0 unspecified atom stereocenters. The fraction of sp³-hybridized carbons (Fsp3) is 0.172. The molecule has 0 spiro atoms. The van der Waals surface area contributed by atoms with Crippen molar-refractivity contribution >= 4 is 0 Å². The smallest absolute Gasteiger partial charge is 0.00130 e. The first kappa shape index (κ1) is 17.9. The molecular weight excluding hydrogens is 348 g/mol. The van der Waals surface area contributed by atoms with Gasteiger partial charge < -0.3 is 0 Å². The van der Waals surface area contributed by atoms with Crippen LogP contribution in [0, 0.1) is 0 Å². The van der Waals surface area contributed by atoms with E-state index in [-0.39, 0.29) is 0 Å². The highest BCUT2D eigenvalue weighted by Gasteiger charge is 2.20. The van der Waals surface area contributed by atoms with Crippen molar-refractivity contribution in [1.82, 2.24) is 0 Å². The van der Waals surface area contributed by atoms with Crippen molar-refractivity contribution < 1.29 is 0 Å². The van der Waals surface area contributed by atoms with Gasteiger partial charge in [-0.1, -0.05) is 98.8 Å². The van der Waals surface area contributed by atoms with Gasteiger partial charge >= 0.3 is 0 Å². The van der Waals surface area contributed by atoms with Crippen molar-refractivity contribution in [2.45, 2.75) is 33.1 Å². The summed E-state index contributed by atoms with van der Waals surface area (Å²) >= 11 is 0. The van der Waals surface area contributed by atoms with Crippen LogP contribution in [0.2, 0.25) is 0 Å². The predicted molar refractivity (Wildman–Crippen MR) is 124 cm³/mol. The van der Waals surface area contributed by atoms with Crippen LogP contribution in [0.25, 0.3) is 33.4 Å². The highest BCUT2D eigenvalue weighted by atomic mass is 14.2. The van der Waals surface area contributed by atoms with E-state index < -0.39 is 0 Å². The molecule has 1 aliphatic rings. The summed E-state index contributed by atoms with van der Waals surface area (Å²) in [5.41, 5.74) is 13.9. The van der Waals surface area contributed by atoms with Crippen LogP contribution in [0.3, 0.4) is 0 Å². The van der Waals surface area contributed by atoms with Crippen molar-refractivity contribution in [3.8, 4) is 33.4 Å². The molecular formula is C29H26. The topological polar surface area (TPSA) is 0 Å². The van der Waals surface area contributed by atoms with Crippen LogP contribution in [0.1, 0.15) is 36.1 Å². The molecule has 4 aromatic carbocycles. The van der Waals surface area contributed by atoms with Crippen molar-refractivity contribution in [2.24, 2.45) is 0 Å². The fourth-order valence-electron chi connectivity index (χ4n) is 4.77. The Hall–Kier alpha value is -3.12. The van der Waals surface area contributed by atoms with E-state index in [4.69, 9.17) is 0 Å². The van der Waals surface area contributed by atoms with E-state index in [0.29, 0.717) is 0 Å². The monoisotopic (exact) mass is 374 g/mol. The Kier molecular flexibility index (Phi) is 4.56. The van der Waals surface area contributed by atoms with Gasteiger partial charge in [0.2, 0.25) is 0 Å². The maximum absolute atomic E-state index is 2.41. The van der Waals surface area contributed by atoms with E-state index in [1.807, 2.05) is 0 Å². The minimum Gasteiger partial charge on any atom is -0.0620 e. The van der Waals surface area contributed by atoms with Crippen LogP contribution < -0.4 is 0 Å². The van der Waals surface area contributed by atoms with Gasteiger partial charge in [-0.25, -0.2) is 0 Å². The number of hydrogen-bond donors (Lipinski definition) is 0. The second kappa shape index (κ2) is 7.37. The Morgan fingerprint density at radius 3 is 1.41 bits per heavy atom. The third-order valence-corrected chi connectivity index (χ3v) is 6.30. The first-order valence-electron chi connectivity index (χ1n) is 10.7. The van der Waals surface area contributed by atoms with E-state index in [1.54, 1.807) is 0 Å². The van der Waals surface area contributed by atoms with Gasteiger partial charge in [-0.15, -0.1) is 0 Å². The molecule has 0 saturated heterocycles. The van der Waals surface area contributed by atoms with Crippen LogP contribution in [0.15, 0.2) is 84.9 Å². The fourth-order valence-corrected chi connectivity index (χ4v) is 4.77. The van der Waals surface area contributed by atoms with Crippen molar-refractivity contribution in [3.63, 3.8) is 0 Å². The largest absolute Gasteiger partial charge is 0.0620 e. The SMILES string of the molecule is CCc1ccccc1-c1ccc2c(c1)Cc1cc(-c3ccccc3CC)ccc1-2. The van der Waals surface area contributed by atoms with Crippen LogP contribution in [-0.4, -0.2) is 0 Å². The molecule has 4 aromatic rings. The number of benzene rings is 4. The van der Waals surface area contributed by atoms with Gasteiger partial charge in [-0.2, -0.15) is 0 Å². The van der Waals surface area contributed by atoms with Gasteiger partial charge in [0.05, 0.1) is 0 Å². The second-order valence-corrected chi connectivity index (χ2v) is 7.94. The highest BCUT2D eigenvalue weighted by molar-refractivity contribution is 5.83. The van der Waals surface area contributed by atoms with Gasteiger partial charge in [0.25, 0.3) is 0 Å². The summed E-state index contributed by atoms with van der Waals surface area (Å²) in [6, 6.07) is 31.6. The lowest BCUT2D eigenvalue weighted by molar-refractivity contribution is 1.14. The molecule has 29 heavy (non-hydrogen) atoms. The number of hydrogen-bond acceptors (Lipinski definition) is 0. The number of rotatable bonds is 4. The molecule has 0 radical (unpaired) electrons. The Morgan fingerprint density at radius 2 is 0.966 bits per heavy atom. The van der Waals surface area contributed by atoms with E-state index in [9.17, 15) is 0 Å². The Labute approximate surface area is 173 Å². The average molecular weight is 375 g/mol. The normalized spacial score (nSPS) is 11.9. The van der Waals surface area contributed by atoms with E-state index >= 15 is 0 Å². The average Bonchev–Trinajstić information content (AvgIpc) is 3.15. The molecule has 0 heterocycles.